The first-order chi connectivity index (χ1) is 6.45. The van der Waals surface area contributed by atoms with Crippen LogP contribution in [0.2, 0.25) is 0 Å². The summed E-state index contributed by atoms with van der Waals surface area (Å²) in [6, 6.07) is 0. The van der Waals surface area contributed by atoms with Crippen molar-refractivity contribution in [3.8, 4) is 0 Å². The van der Waals surface area contributed by atoms with Gasteiger partial charge in [0.1, 0.15) is 0 Å². The van der Waals surface area contributed by atoms with E-state index < -0.39 is 0 Å². The molecule has 0 aromatic carbocycles. The van der Waals surface area contributed by atoms with E-state index in [-0.39, 0.29) is 11.6 Å². The van der Waals surface area contributed by atoms with Gasteiger partial charge in [-0.25, -0.2) is 0 Å². The zero-order valence-corrected chi connectivity index (χ0v) is 9.23. The molecule has 0 aromatic rings. The minimum absolute atomic E-state index is 0.00750. The fraction of sp³-hybridized carbons (Fsp3) is 0.500. The SMILES string of the molecule is CC(C)=C(C)C(C)=C1C(=O)CCC1=O. The number of rotatable bonds is 1. The zero-order valence-electron chi connectivity index (χ0n) is 9.23. The van der Waals surface area contributed by atoms with Crippen molar-refractivity contribution in [2.75, 3.05) is 0 Å². The highest BCUT2D eigenvalue weighted by atomic mass is 16.2. The lowest BCUT2D eigenvalue weighted by Gasteiger charge is -2.06. The van der Waals surface area contributed by atoms with Crippen molar-refractivity contribution in [3.63, 3.8) is 0 Å². The van der Waals surface area contributed by atoms with Crippen LogP contribution in [0.25, 0.3) is 0 Å². The first-order valence-corrected chi connectivity index (χ1v) is 4.87. The number of Topliss-reactive ketones (excluding diaryl/α,β-unsaturated/α-hetero) is 2. The standard InChI is InChI=1S/C12H16O2/c1-7(2)8(3)9(4)12-10(13)5-6-11(12)14/h5-6H2,1-4H3. The Morgan fingerprint density at radius 3 is 1.71 bits per heavy atom. The molecule has 1 aliphatic carbocycles. The Kier molecular flexibility index (Phi) is 3.04. The van der Waals surface area contributed by atoms with Crippen molar-refractivity contribution in [2.45, 2.75) is 40.5 Å². The van der Waals surface area contributed by atoms with E-state index in [1.165, 1.54) is 0 Å². The molecule has 2 nitrogen and oxygen atoms in total. The summed E-state index contributed by atoms with van der Waals surface area (Å²) in [5, 5.41) is 0. The van der Waals surface area contributed by atoms with Crippen LogP contribution in [0.5, 0.6) is 0 Å². The topological polar surface area (TPSA) is 34.1 Å². The summed E-state index contributed by atoms with van der Waals surface area (Å²) in [7, 11) is 0. The van der Waals surface area contributed by atoms with Crippen molar-refractivity contribution in [3.05, 3.63) is 22.3 Å². The molecule has 1 saturated carbocycles. The monoisotopic (exact) mass is 192 g/mol. The molecule has 0 spiro atoms. The Morgan fingerprint density at radius 2 is 1.36 bits per heavy atom. The van der Waals surface area contributed by atoms with E-state index in [1.807, 2.05) is 27.7 Å². The number of ketones is 2. The summed E-state index contributed by atoms with van der Waals surface area (Å²) < 4.78 is 0. The van der Waals surface area contributed by atoms with E-state index in [9.17, 15) is 9.59 Å². The van der Waals surface area contributed by atoms with Crippen LogP contribution in [0, 0.1) is 0 Å². The number of hydrogen-bond donors (Lipinski definition) is 0. The molecule has 1 rings (SSSR count). The van der Waals surface area contributed by atoms with E-state index >= 15 is 0 Å². The molecule has 0 unspecified atom stereocenters. The Morgan fingerprint density at radius 1 is 0.929 bits per heavy atom. The van der Waals surface area contributed by atoms with E-state index in [1.54, 1.807) is 0 Å². The second kappa shape index (κ2) is 3.91. The predicted octanol–water partition coefficient (Wildman–Crippen LogP) is 2.59. The molecule has 1 fully saturated rings. The van der Waals surface area contributed by atoms with Gasteiger partial charge in [0.2, 0.25) is 0 Å². The van der Waals surface area contributed by atoms with Crippen LogP contribution >= 0.6 is 0 Å². The van der Waals surface area contributed by atoms with Gasteiger partial charge < -0.3 is 0 Å². The molecule has 14 heavy (non-hydrogen) atoms. The van der Waals surface area contributed by atoms with Crippen LogP contribution in [0.1, 0.15) is 40.5 Å². The van der Waals surface area contributed by atoms with Crippen LogP contribution in [0.4, 0.5) is 0 Å². The molecule has 0 aromatic heterocycles. The van der Waals surface area contributed by atoms with Crippen molar-refractivity contribution < 1.29 is 9.59 Å². The molecule has 0 saturated heterocycles. The van der Waals surface area contributed by atoms with E-state index in [0.717, 1.165) is 16.7 Å². The maximum Gasteiger partial charge on any atom is 0.167 e. The number of carbonyl (C=O) groups is 2. The van der Waals surface area contributed by atoms with Crippen molar-refractivity contribution >= 4 is 11.6 Å². The normalized spacial score (nSPS) is 16.1. The van der Waals surface area contributed by atoms with Gasteiger partial charge in [0.25, 0.3) is 0 Å². The fourth-order valence-corrected chi connectivity index (χ4v) is 1.61. The number of hydrogen-bond acceptors (Lipinski definition) is 2. The molecule has 0 aliphatic heterocycles. The van der Waals surface area contributed by atoms with Gasteiger partial charge in [-0.3, -0.25) is 9.59 Å². The maximum absolute atomic E-state index is 11.5. The predicted molar refractivity (Wildman–Crippen MR) is 56.0 cm³/mol. The molecular formula is C12H16O2. The summed E-state index contributed by atoms with van der Waals surface area (Å²) in [6.45, 7) is 7.79. The highest BCUT2D eigenvalue weighted by molar-refractivity contribution is 6.26. The third-order valence-corrected chi connectivity index (χ3v) is 2.82. The van der Waals surface area contributed by atoms with Gasteiger partial charge in [-0.15, -0.1) is 0 Å². The van der Waals surface area contributed by atoms with Crippen molar-refractivity contribution in [1.29, 1.82) is 0 Å². The lowest BCUT2D eigenvalue weighted by atomic mass is 9.97. The quantitative estimate of drug-likeness (QED) is 0.472. The Balaban J connectivity index is 3.23. The molecule has 0 N–H and O–H groups in total. The first-order valence-electron chi connectivity index (χ1n) is 4.87. The molecule has 76 valence electrons. The summed E-state index contributed by atoms with van der Waals surface area (Å²) in [6.07, 6.45) is 0.781. The number of carbonyl (C=O) groups excluding carboxylic acids is 2. The van der Waals surface area contributed by atoms with E-state index in [0.29, 0.717) is 18.4 Å². The van der Waals surface area contributed by atoms with Crippen molar-refractivity contribution in [1.82, 2.24) is 0 Å². The minimum Gasteiger partial charge on any atom is -0.294 e. The van der Waals surface area contributed by atoms with Crippen molar-refractivity contribution in [2.24, 2.45) is 0 Å². The first kappa shape index (κ1) is 10.9. The van der Waals surface area contributed by atoms with Gasteiger partial charge in [-0.1, -0.05) is 5.57 Å². The summed E-state index contributed by atoms with van der Waals surface area (Å²) in [4.78, 5) is 22.9. The van der Waals surface area contributed by atoms with Gasteiger partial charge in [-0.05, 0) is 38.8 Å². The molecule has 2 heteroatoms. The lowest BCUT2D eigenvalue weighted by molar-refractivity contribution is -0.116. The fourth-order valence-electron chi connectivity index (χ4n) is 1.61. The van der Waals surface area contributed by atoms with Gasteiger partial charge in [0.05, 0.1) is 5.57 Å². The molecule has 0 bridgehead atoms. The molecule has 0 amide bonds. The van der Waals surface area contributed by atoms with Gasteiger partial charge in [0.15, 0.2) is 11.6 Å². The highest BCUT2D eigenvalue weighted by Gasteiger charge is 2.28. The second-order valence-electron chi connectivity index (χ2n) is 3.97. The molecule has 1 aliphatic rings. The molecule has 0 atom stereocenters. The Labute approximate surface area is 84.7 Å². The third-order valence-electron chi connectivity index (χ3n) is 2.82. The largest absolute Gasteiger partial charge is 0.294 e. The van der Waals surface area contributed by atoms with Gasteiger partial charge in [-0.2, -0.15) is 0 Å². The highest BCUT2D eigenvalue weighted by Crippen LogP contribution is 2.25. The molecular weight excluding hydrogens is 176 g/mol. The smallest absolute Gasteiger partial charge is 0.167 e. The van der Waals surface area contributed by atoms with Crippen LogP contribution < -0.4 is 0 Å². The van der Waals surface area contributed by atoms with Gasteiger partial charge >= 0.3 is 0 Å². The van der Waals surface area contributed by atoms with Crippen LogP contribution in [-0.2, 0) is 9.59 Å². The Bertz CT molecular complexity index is 335. The van der Waals surface area contributed by atoms with Crippen LogP contribution in [0.3, 0.4) is 0 Å². The van der Waals surface area contributed by atoms with Gasteiger partial charge in [0, 0.05) is 12.8 Å². The third kappa shape index (κ3) is 1.84. The summed E-state index contributed by atoms with van der Waals surface area (Å²) in [5.41, 5.74) is 3.51. The van der Waals surface area contributed by atoms with E-state index in [2.05, 4.69) is 0 Å². The maximum atomic E-state index is 11.5. The average molecular weight is 192 g/mol. The summed E-state index contributed by atoms with van der Waals surface area (Å²) in [5.74, 6) is 0.0150. The lowest BCUT2D eigenvalue weighted by Crippen LogP contribution is -2.04. The zero-order chi connectivity index (χ0) is 10.9. The van der Waals surface area contributed by atoms with E-state index in [4.69, 9.17) is 0 Å². The van der Waals surface area contributed by atoms with Crippen LogP contribution in [-0.4, -0.2) is 11.6 Å². The number of allylic oxidation sites excluding steroid dienone is 4. The Hall–Kier alpha value is -1.18. The van der Waals surface area contributed by atoms with Crippen LogP contribution in [0.15, 0.2) is 22.3 Å². The minimum atomic E-state index is 0.00750. The molecule has 0 heterocycles. The second-order valence-corrected chi connectivity index (χ2v) is 3.97. The summed E-state index contributed by atoms with van der Waals surface area (Å²) >= 11 is 0. The molecule has 0 radical (unpaired) electrons. The average Bonchev–Trinajstić information content (AvgIpc) is 2.44.